The van der Waals surface area contributed by atoms with Gasteiger partial charge in [0.2, 0.25) is 0 Å². The van der Waals surface area contributed by atoms with Gasteiger partial charge in [-0.25, -0.2) is 4.39 Å². The number of thioether (sulfide) groups is 1. The molecule has 0 saturated carbocycles. The minimum atomic E-state index is -4.95. The molecule has 0 spiro atoms. The van der Waals surface area contributed by atoms with E-state index in [2.05, 4.69) is 4.74 Å². The van der Waals surface area contributed by atoms with Crippen molar-refractivity contribution in [3.05, 3.63) is 17.9 Å². The van der Waals surface area contributed by atoms with Crippen LogP contribution in [0.25, 0.3) is 0 Å². The zero-order chi connectivity index (χ0) is 11.6. The van der Waals surface area contributed by atoms with Crippen LogP contribution in [0, 0.1) is 5.82 Å². The zero-order valence-corrected chi connectivity index (χ0v) is 8.38. The van der Waals surface area contributed by atoms with Gasteiger partial charge in [-0.05, 0) is 18.4 Å². The fraction of sp³-hybridized carbons (Fsp3) is 0.250. The van der Waals surface area contributed by atoms with Gasteiger partial charge in [-0.2, -0.15) is 0 Å². The first kappa shape index (κ1) is 12.0. The molecular weight excluding hydrogens is 234 g/mol. The Kier molecular flexibility index (Phi) is 3.33. The number of ether oxygens (including phenoxy) is 1. The van der Waals surface area contributed by atoms with Crippen molar-refractivity contribution in [2.75, 3.05) is 12.0 Å². The molecule has 15 heavy (non-hydrogen) atoms. The van der Waals surface area contributed by atoms with E-state index in [0.29, 0.717) is 0 Å². The minimum Gasteiger partial charge on any atom is -0.400 e. The Labute approximate surface area is 87.4 Å². The molecule has 2 nitrogen and oxygen atoms in total. The second-order valence-electron chi connectivity index (χ2n) is 2.55. The number of hydrogen-bond acceptors (Lipinski definition) is 3. The second-order valence-corrected chi connectivity index (χ2v) is 3.40. The first-order valence-electron chi connectivity index (χ1n) is 3.73. The maximum Gasteiger partial charge on any atom is 0.573 e. The van der Waals surface area contributed by atoms with Crippen molar-refractivity contribution in [2.45, 2.75) is 11.3 Å². The van der Waals surface area contributed by atoms with E-state index in [-0.39, 0.29) is 10.6 Å². The van der Waals surface area contributed by atoms with Crippen LogP contribution < -0.4 is 10.5 Å². The van der Waals surface area contributed by atoms with E-state index in [9.17, 15) is 17.6 Å². The summed E-state index contributed by atoms with van der Waals surface area (Å²) in [5.41, 5.74) is 4.79. The molecule has 0 atom stereocenters. The van der Waals surface area contributed by atoms with Gasteiger partial charge in [0, 0.05) is 4.90 Å². The average molecular weight is 241 g/mol. The molecule has 1 rings (SSSR count). The Balaban J connectivity index is 3.15. The zero-order valence-electron chi connectivity index (χ0n) is 7.56. The number of alkyl halides is 3. The van der Waals surface area contributed by atoms with E-state index in [0.717, 1.165) is 17.8 Å². The Morgan fingerprint density at radius 3 is 2.40 bits per heavy atom. The van der Waals surface area contributed by atoms with Crippen LogP contribution >= 0.6 is 11.8 Å². The van der Waals surface area contributed by atoms with E-state index in [1.807, 2.05) is 0 Å². The molecular formula is C8H7F4NOS. The van der Waals surface area contributed by atoms with E-state index < -0.39 is 17.9 Å². The summed E-state index contributed by atoms with van der Waals surface area (Å²) in [6.45, 7) is 0. The van der Waals surface area contributed by atoms with Gasteiger partial charge in [0.05, 0.1) is 5.69 Å². The first-order valence-corrected chi connectivity index (χ1v) is 4.95. The predicted octanol–water partition coefficient (Wildman–Crippen LogP) is 3.03. The van der Waals surface area contributed by atoms with Crippen molar-refractivity contribution in [1.29, 1.82) is 0 Å². The van der Waals surface area contributed by atoms with E-state index in [1.54, 1.807) is 0 Å². The Morgan fingerprint density at radius 2 is 1.93 bits per heavy atom. The van der Waals surface area contributed by atoms with Gasteiger partial charge < -0.3 is 10.5 Å². The summed E-state index contributed by atoms with van der Waals surface area (Å²) < 4.78 is 52.5. The van der Waals surface area contributed by atoms with Gasteiger partial charge in [-0.3, -0.25) is 0 Å². The molecule has 0 heterocycles. The van der Waals surface area contributed by atoms with E-state index in [4.69, 9.17) is 5.73 Å². The SMILES string of the molecule is CSc1ccc(N)c(OC(F)(F)F)c1F. The maximum absolute atomic E-state index is 13.3. The van der Waals surface area contributed by atoms with Crippen LogP contribution in [0.2, 0.25) is 0 Å². The maximum atomic E-state index is 13.3. The van der Waals surface area contributed by atoms with Crippen molar-refractivity contribution < 1.29 is 22.3 Å². The van der Waals surface area contributed by atoms with Gasteiger partial charge in [-0.1, -0.05) is 0 Å². The number of nitrogen functional groups attached to an aromatic ring is 1. The fourth-order valence-electron chi connectivity index (χ4n) is 0.930. The van der Waals surface area contributed by atoms with E-state index in [1.165, 1.54) is 12.3 Å². The Bertz CT molecular complexity index is 366. The minimum absolute atomic E-state index is 0.0449. The molecule has 0 radical (unpaired) electrons. The molecule has 0 aliphatic heterocycles. The van der Waals surface area contributed by atoms with Crippen molar-refractivity contribution in [1.82, 2.24) is 0 Å². The lowest BCUT2D eigenvalue weighted by Crippen LogP contribution is -2.19. The van der Waals surface area contributed by atoms with Crippen molar-refractivity contribution >= 4 is 17.4 Å². The second kappa shape index (κ2) is 4.18. The first-order chi connectivity index (χ1) is 6.85. The smallest absolute Gasteiger partial charge is 0.400 e. The van der Waals surface area contributed by atoms with Gasteiger partial charge in [-0.15, -0.1) is 24.9 Å². The third-order valence-corrected chi connectivity index (χ3v) is 2.28. The van der Waals surface area contributed by atoms with Crippen LogP contribution in [0.3, 0.4) is 0 Å². The Morgan fingerprint density at radius 1 is 1.33 bits per heavy atom. The molecule has 0 aromatic heterocycles. The number of anilines is 1. The highest BCUT2D eigenvalue weighted by Gasteiger charge is 2.33. The van der Waals surface area contributed by atoms with Gasteiger partial charge >= 0.3 is 6.36 Å². The van der Waals surface area contributed by atoms with E-state index >= 15 is 0 Å². The monoisotopic (exact) mass is 241 g/mol. The summed E-state index contributed by atoms with van der Waals surface area (Å²) >= 11 is 0.966. The van der Waals surface area contributed by atoms with Crippen LogP contribution in [0.1, 0.15) is 0 Å². The number of halogens is 4. The summed E-state index contributed by atoms with van der Waals surface area (Å²) in [6, 6.07) is 2.45. The molecule has 1 aromatic carbocycles. The van der Waals surface area contributed by atoms with Crippen molar-refractivity contribution in [3.63, 3.8) is 0 Å². The lowest BCUT2D eigenvalue weighted by molar-refractivity contribution is -0.275. The molecule has 1 aromatic rings. The highest BCUT2D eigenvalue weighted by Crippen LogP contribution is 2.35. The molecule has 7 heteroatoms. The Hall–Kier alpha value is -1.11. The fourth-order valence-corrected chi connectivity index (χ4v) is 1.41. The topological polar surface area (TPSA) is 35.2 Å². The summed E-state index contributed by atoms with van der Waals surface area (Å²) in [6.07, 6.45) is -3.42. The largest absolute Gasteiger partial charge is 0.573 e. The summed E-state index contributed by atoms with van der Waals surface area (Å²) in [4.78, 5) is 0.0449. The highest BCUT2D eigenvalue weighted by atomic mass is 32.2. The van der Waals surface area contributed by atoms with Crippen LogP contribution in [-0.4, -0.2) is 12.6 Å². The number of rotatable bonds is 2. The number of benzene rings is 1. The molecule has 0 amide bonds. The predicted molar refractivity (Wildman–Crippen MR) is 49.3 cm³/mol. The standard InChI is InChI=1S/C8H7F4NOS/c1-15-5-3-2-4(13)7(6(5)9)14-8(10,11)12/h2-3H,13H2,1H3. The lowest BCUT2D eigenvalue weighted by atomic mass is 10.3. The van der Waals surface area contributed by atoms with Crippen LogP contribution in [0.4, 0.5) is 23.2 Å². The molecule has 0 fully saturated rings. The summed E-state index contributed by atoms with van der Waals surface area (Å²) in [5.74, 6) is -2.07. The molecule has 0 aliphatic rings. The average Bonchev–Trinajstić information content (AvgIpc) is 2.11. The third-order valence-electron chi connectivity index (χ3n) is 1.53. The third kappa shape index (κ3) is 2.92. The number of hydrogen-bond donors (Lipinski definition) is 1. The molecule has 0 aliphatic carbocycles. The van der Waals surface area contributed by atoms with Gasteiger partial charge in [0.25, 0.3) is 0 Å². The quantitative estimate of drug-likeness (QED) is 0.491. The van der Waals surface area contributed by atoms with Crippen LogP contribution in [0.5, 0.6) is 5.75 Å². The highest BCUT2D eigenvalue weighted by molar-refractivity contribution is 7.98. The normalized spacial score (nSPS) is 11.5. The number of nitrogens with two attached hydrogens (primary N) is 1. The molecule has 0 unspecified atom stereocenters. The lowest BCUT2D eigenvalue weighted by Gasteiger charge is -2.13. The van der Waals surface area contributed by atoms with Crippen molar-refractivity contribution in [2.24, 2.45) is 0 Å². The van der Waals surface area contributed by atoms with Crippen LogP contribution in [-0.2, 0) is 0 Å². The summed E-state index contributed by atoms with van der Waals surface area (Å²) in [5, 5.41) is 0. The summed E-state index contributed by atoms with van der Waals surface area (Å²) in [7, 11) is 0. The van der Waals surface area contributed by atoms with Gasteiger partial charge in [0.15, 0.2) is 11.6 Å². The van der Waals surface area contributed by atoms with Gasteiger partial charge in [0.1, 0.15) is 0 Å². The molecule has 2 N–H and O–H groups in total. The molecule has 84 valence electrons. The van der Waals surface area contributed by atoms with Crippen molar-refractivity contribution in [3.8, 4) is 5.75 Å². The molecule has 0 bridgehead atoms. The van der Waals surface area contributed by atoms with Crippen LogP contribution in [0.15, 0.2) is 17.0 Å². The molecule has 0 saturated heterocycles.